The van der Waals surface area contributed by atoms with E-state index in [4.69, 9.17) is 16.9 Å². The number of hydrogen-bond acceptors (Lipinski definition) is 3. The van der Waals surface area contributed by atoms with Crippen LogP contribution in [0.15, 0.2) is 59.5 Å². The molecule has 5 heteroatoms. The molecule has 0 aliphatic rings. The Morgan fingerprint density at radius 1 is 1.14 bits per heavy atom. The number of nitrogens with zero attached hydrogens (tertiary/aromatic N) is 2. The smallest absolute Gasteiger partial charge is 0.237 e. The molecule has 1 amide bonds. The molecular weight excluding hydrogens is 316 g/mol. The Morgan fingerprint density at radius 3 is 2.45 bits per heavy atom. The second-order valence-corrected chi connectivity index (χ2v) is 6.02. The second-order valence-electron chi connectivity index (χ2n) is 4.53. The van der Waals surface area contributed by atoms with Gasteiger partial charge < -0.3 is 4.90 Å². The maximum absolute atomic E-state index is 12.5. The fourth-order valence-corrected chi connectivity index (χ4v) is 2.82. The fraction of sp³-hybridized carbons (Fsp3) is 0.176. The van der Waals surface area contributed by atoms with Crippen molar-refractivity contribution >= 4 is 35.0 Å². The summed E-state index contributed by atoms with van der Waals surface area (Å²) in [7, 11) is 0. The van der Waals surface area contributed by atoms with Crippen molar-refractivity contribution in [1.82, 2.24) is 0 Å². The molecule has 0 bridgehead atoms. The van der Waals surface area contributed by atoms with Crippen LogP contribution in [-0.4, -0.2) is 18.2 Å². The van der Waals surface area contributed by atoms with E-state index in [-0.39, 0.29) is 5.91 Å². The highest BCUT2D eigenvalue weighted by atomic mass is 35.5. The van der Waals surface area contributed by atoms with Crippen LogP contribution in [0.2, 0.25) is 5.02 Å². The van der Waals surface area contributed by atoms with Crippen LogP contribution in [0.4, 0.5) is 5.69 Å². The van der Waals surface area contributed by atoms with Crippen LogP contribution in [-0.2, 0) is 4.79 Å². The van der Waals surface area contributed by atoms with Crippen molar-refractivity contribution in [1.29, 1.82) is 5.26 Å². The zero-order valence-electron chi connectivity index (χ0n) is 11.9. The molecule has 0 heterocycles. The van der Waals surface area contributed by atoms with E-state index in [0.717, 1.165) is 10.6 Å². The lowest BCUT2D eigenvalue weighted by Crippen LogP contribution is -2.33. The zero-order valence-corrected chi connectivity index (χ0v) is 13.5. The summed E-state index contributed by atoms with van der Waals surface area (Å²) in [5, 5.41) is 9.45. The number of hydrogen-bond donors (Lipinski definition) is 0. The Morgan fingerprint density at radius 2 is 1.82 bits per heavy atom. The first-order valence-electron chi connectivity index (χ1n) is 6.81. The largest absolute Gasteiger partial charge is 0.311 e. The summed E-state index contributed by atoms with van der Waals surface area (Å²) in [6.07, 6.45) is 0.312. The number of carbonyl (C=O) groups is 1. The minimum Gasteiger partial charge on any atom is -0.311 e. The van der Waals surface area contributed by atoms with Gasteiger partial charge in [0.2, 0.25) is 5.91 Å². The number of amides is 1. The predicted molar refractivity (Wildman–Crippen MR) is 91.2 cm³/mol. The van der Waals surface area contributed by atoms with Gasteiger partial charge in [-0.15, -0.1) is 11.8 Å². The number of benzene rings is 2. The molecule has 112 valence electrons. The fourth-order valence-electron chi connectivity index (χ4n) is 1.92. The highest BCUT2D eigenvalue weighted by Crippen LogP contribution is 2.22. The molecule has 0 atom stereocenters. The molecular formula is C17H15ClN2OS. The van der Waals surface area contributed by atoms with Crippen molar-refractivity contribution in [2.45, 2.75) is 11.3 Å². The molecule has 2 rings (SSSR count). The van der Waals surface area contributed by atoms with Crippen LogP contribution >= 0.6 is 23.4 Å². The van der Waals surface area contributed by atoms with Gasteiger partial charge in [0.25, 0.3) is 0 Å². The lowest BCUT2D eigenvalue weighted by Gasteiger charge is -2.21. The lowest BCUT2D eigenvalue weighted by molar-refractivity contribution is -0.116. The predicted octanol–water partition coefficient (Wildman–Crippen LogP) is 4.38. The summed E-state index contributed by atoms with van der Waals surface area (Å²) in [5.74, 6) is 0.309. The molecule has 0 radical (unpaired) electrons. The number of thioether (sulfide) groups is 1. The average molecular weight is 331 g/mol. The van der Waals surface area contributed by atoms with E-state index < -0.39 is 0 Å². The van der Waals surface area contributed by atoms with E-state index in [1.807, 2.05) is 42.5 Å². The monoisotopic (exact) mass is 330 g/mol. The van der Waals surface area contributed by atoms with Crippen molar-refractivity contribution in [3.8, 4) is 6.07 Å². The minimum absolute atomic E-state index is 0.0126. The van der Waals surface area contributed by atoms with Crippen molar-refractivity contribution in [2.75, 3.05) is 17.2 Å². The van der Waals surface area contributed by atoms with Crippen molar-refractivity contribution in [2.24, 2.45) is 0 Å². The van der Waals surface area contributed by atoms with E-state index in [0.29, 0.717) is 23.7 Å². The van der Waals surface area contributed by atoms with Crippen LogP contribution in [0.3, 0.4) is 0 Å². The van der Waals surface area contributed by atoms with Gasteiger partial charge in [0.15, 0.2) is 0 Å². The van der Waals surface area contributed by atoms with E-state index in [1.54, 1.807) is 17.0 Å². The third kappa shape index (κ3) is 4.80. The molecule has 3 nitrogen and oxygen atoms in total. The molecule has 0 aliphatic carbocycles. The molecule has 0 saturated carbocycles. The Hall–Kier alpha value is -1.96. The topological polar surface area (TPSA) is 44.1 Å². The second kappa shape index (κ2) is 8.47. The summed E-state index contributed by atoms with van der Waals surface area (Å²) in [4.78, 5) is 15.1. The Bertz CT molecular complexity index is 653. The van der Waals surface area contributed by atoms with Gasteiger partial charge in [-0.1, -0.05) is 29.8 Å². The van der Waals surface area contributed by atoms with Crippen LogP contribution < -0.4 is 4.90 Å². The summed E-state index contributed by atoms with van der Waals surface area (Å²) >= 11 is 7.31. The third-order valence-corrected chi connectivity index (χ3v) is 4.24. The standard InChI is InChI=1S/C17H15ClN2OS/c18-14-7-9-16(10-8-14)22-13-17(21)20(12-4-11-19)15-5-2-1-3-6-15/h1-3,5-10H,4,12-13H2. The maximum Gasteiger partial charge on any atom is 0.237 e. The first kappa shape index (κ1) is 16.4. The number of anilines is 1. The number of halogens is 1. The molecule has 2 aromatic carbocycles. The summed E-state index contributed by atoms with van der Waals surface area (Å²) in [6.45, 7) is 0.403. The van der Waals surface area contributed by atoms with Gasteiger partial charge in [-0.05, 0) is 36.4 Å². The van der Waals surface area contributed by atoms with Gasteiger partial charge in [0.1, 0.15) is 0 Å². The van der Waals surface area contributed by atoms with Crippen molar-refractivity contribution < 1.29 is 4.79 Å². The molecule has 0 aromatic heterocycles. The van der Waals surface area contributed by atoms with Gasteiger partial charge in [0.05, 0.1) is 18.2 Å². The molecule has 0 saturated heterocycles. The molecule has 0 aliphatic heterocycles. The number of para-hydroxylation sites is 1. The van der Waals surface area contributed by atoms with Crippen LogP contribution in [0.25, 0.3) is 0 Å². The Labute approximate surface area is 139 Å². The van der Waals surface area contributed by atoms with Gasteiger partial charge >= 0.3 is 0 Å². The highest BCUT2D eigenvalue weighted by molar-refractivity contribution is 8.00. The minimum atomic E-state index is -0.0126. The molecule has 0 unspecified atom stereocenters. The van der Waals surface area contributed by atoms with Crippen molar-refractivity contribution in [3.63, 3.8) is 0 Å². The van der Waals surface area contributed by atoms with E-state index in [2.05, 4.69) is 6.07 Å². The third-order valence-electron chi connectivity index (χ3n) is 2.99. The molecule has 0 spiro atoms. The Kier molecular flexibility index (Phi) is 6.32. The molecule has 0 N–H and O–H groups in total. The Balaban J connectivity index is 2.02. The average Bonchev–Trinajstić information content (AvgIpc) is 2.55. The van der Waals surface area contributed by atoms with Crippen LogP contribution in [0, 0.1) is 11.3 Å². The summed E-state index contributed by atoms with van der Waals surface area (Å²) in [5.41, 5.74) is 0.819. The molecule has 2 aromatic rings. The van der Waals surface area contributed by atoms with E-state index in [1.165, 1.54) is 11.8 Å². The highest BCUT2D eigenvalue weighted by Gasteiger charge is 2.15. The van der Waals surface area contributed by atoms with Gasteiger partial charge in [0, 0.05) is 22.2 Å². The lowest BCUT2D eigenvalue weighted by atomic mass is 10.2. The first-order chi connectivity index (χ1) is 10.7. The zero-order chi connectivity index (χ0) is 15.8. The summed E-state index contributed by atoms with van der Waals surface area (Å²) < 4.78 is 0. The normalized spacial score (nSPS) is 10.0. The number of carbonyl (C=O) groups excluding carboxylic acids is 1. The number of nitriles is 1. The SMILES string of the molecule is N#CCCN(C(=O)CSc1ccc(Cl)cc1)c1ccccc1. The van der Waals surface area contributed by atoms with Gasteiger partial charge in [-0.2, -0.15) is 5.26 Å². The molecule has 0 fully saturated rings. The van der Waals surface area contributed by atoms with Crippen LogP contribution in [0.1, 0.15) is 6.42 Å². The molecule has 22 heavy (non-hydrogen) atoms. The van der Waals surface area contributed by atoms with Gasteiger partial charge in [-0.25, -0.2) is 0 Å². The van der Waals surface area contributed by atoms with E-state index >= 15 is 0 Å². The maximum atomic E-state index is 12.5. The van der Waals surface area contributed by atoms with Crippen LogP contribution in [0.5, 0.6) is 0 Å². The quantitative estimate of drug-likeness (QED) is 0.738. The van der Waals surface area contributed by atoms with E-state index in [9.17, 15) is 4.79 Å². The summed E-state index contributed by atoms with van der Waals surface area (Å²) in [6, 6.07) is 18.9. The number of rotatable bonds is 6. The van der Waals surface area contributed by atoms with Gasteiger partial charge in [-0.3, -0.25) is 4.79 Å². The first-order valence-corrected chi connectivity index (χ1v) is 8.18. The van der Waals surface area contributed by atoms with Crippen molar-refractivity contribution in [3.05, 3.63) is 59.6 Å².